The van der Waals surface area contributed by atoms with E-state index in [2.05, 4.69) is 36.0 Å². The van der Waals surface area contributed by atoms with Crippen LogP contribution >= 0.6 is 0 Å². The van der Waals surface area contributed by atoms with E-state index in [-0.39, 0.29) is 30.6 Å². The highest BCUT2D eigenvalue weighted by atomic mass is 16.6. The lowest BCUT2D eigenvalue weighted by molar-refractivity contribution is 0.441. The Kier molecular flexibility index (Phi) is 8.86. The number of hydrogen-bond donors (Lipinski definition) is 1. The highest BCUT2D eigenvalue weighted by Crippen LogP contribution is 2.39. The largest absolute Gasteiger partial charge is 0.743 e. The quantitative estimate of drug-likeness (QED) is 0.191. The topological polar surface area (TPSA) is 131 Å². The lowest BCUT2D eigenvalue weighted by Gasteiger charge is -2.18. The number of aromatic nitrogens is 4. The lowest BCUT2D eigenvalue weighted by atomic mass is 9.99. The zero-order valence-corrected chi connectivity index (χ0v) is 29.8. The fourth-order valence-electron chi connectivity index (χ4n) is 7.20. The van der Waals surface area contributed by atoms with Crippen LogP contribution in [0.25, 0.3) is 33.2 Å². The summed E-state index contributed by atoms with van der Waals surface area (Å²) in [6, 6.07) is 38.0. The molecule has 5 heterocycles. The molecule has 10 nitrogen and oxygen atoms in total. The van der Waals surface area contributed by atoms with Crippen LogP contribution in [0.3, 0.4) is 0 Å². The van der Waals surface area contributed by atoms with Crippen molar-refractivity contribution < 1.29 is 19.1 Å². The minimum atomic E-state index is -1.04. The van der Waals surface area contributed by atoms with Crippen molar-refractivity contribution in [1.82, 2.24) is 18.9 Å². The molecule has 8 rings (SSSR count). The molecule has 0 spiro atoms. The molecule has 12 heteroatoms. The molecule has 0 radical (unpaired) electrons. The van der Waals surface area contributed by atoms with Crippen LogP contribution in [0.4, 0.5) is 0 Å². The van der Waals surface area contributed by atoms with Gasteiger partial charge in [-0.05, 0) is 66.9 Å². The molecule has 4 aromatic heterocycles. The predicted octanol–water partition coefficient (Wildman–Crippen LogP) is 5.98. The maximum absolute atomic E-state index is 11.1. The Hall–Kier alpha value is -7.17. The monoisotopic (exact) mass is 706 g/mol. The molecule has 0 fully saturated rings. The van der Waals surface area contributed by atoms with Gasteiger partial charge in [-0.25, -0.2) is 0 Å². The maximum atomic E-state index is 11.1. The van der Waals surface area contributed by atoms with Gasteiger partial charge < -0.3 is 28.0 Å². The van der Waals surface area contributed by atoms with Gasteiger partial charge in [0.2, 0.25) is 0 Å². The molecule has 0 saturated heterocycles. The van der Waals surface area contributed by atoms with E-state index in [0.29, 0.717) is 55.6 Å². The lowest BCUT2D eigenvalue weighted by Crippen LogP contribution is -2.43. The molecule has 0 aliphatic carbocycles. The molecule has 1 N–H and O–H groups in total. The molecule has 3 aromatic carbocycles. The van der Waals surface area contributed by atoms with E-state index >= 15 is 0 Å². The second kappa shape index (κ2) is 14.1. The van der Waals surface area contributed by atoms with Gasteiger partial charge in [0.15, 0.2) is 5.75 Å². The highest BCUT2D eigenvalue weighted by Gasteiger charge is 2.41. The number of para-hydroxylation sites is 4. The van der Waals surface area contributed by atoms with Crippen molar-refractivity contribution in [3.8, 4) is 46.4 Å². The average Bonchev–Trinajstić information content (AvgIpc) is 3.86. The van der Waals surface area contributed by atoms with Gasteiger partial charge in [0, 0.05) is 34.4 Å². The Labute approximate surface area is 312 Å². The Balaban J connectivity index is 1.64. The molecule has 0 saturated carbocycles. The van der Waals surface area contributed by atoms with Crippen LogP contribution in [0.2, 0.25) is 0 Å². The first kappa shape index (κ1) is 33.9. The highest BCUT2D eigenvalue weighted by molar-refractivity contribution is 6.47. The van der Waals surface area contributed by atoms with Gasteiger partial charge in [-0.3, -0.25) is 9.97 Å². The van der Waals surface area contributed by atoms with Crippen molar-refractivity contribution in [3.63, 3.8) is 0 Å². The van der Waals surface area contributed by atoms with E-state index in [0.717, 1.165) is 16.8 Å². The molecule has 0 bridgehead atoms. The Morgan fingerprint density at radius 3 is 1.91 bits per heavy atom. The van der Waals surface area contributed by atoms with Crippen LogP contribution in [-0.4, -0.2) is 38.9 Å². The summed E-state index contributed by atoms with van der Waals surface area (Å²) in [4.78, 5) is 9.28. The molecule has 260 valence electrons. The number of pyridine rings is 2. The van der Waals surface area contributed by atoms with E-state index < -0.39 is 7.25 Å². The fraction of sp³-hybridized carbons (Fsp3) is 0.0952. The summed E-state index contributed by atoms with van der Waals surface area (Å²) in [6.45, 7) is 6.13. The summed E-state index contributed by atoms with van der Waals surface area (Å²) in [5.41, 5.74) is 4.72. The molecular weight excluding hydrogens is 674 g/mol. The Morgan fingerprint density at radius 1 is 0.759 bits per heavy atom. The van der Waals surface area contributed by atoms with Gasteiger partial charge in [0.25, 0.3) is 0 Å². The summed E-state index contributed by atoms with van der Waals surface area (Å²) in [7, 11) is -1.11. The number of aryl methyl sites for hydroxylation is 1. The van der Waals surface area contributed by atoms with Gasteiger partial charge in [-0.15, -0.1) is 0 Å². The van der Waals surface area contributed by atoms with E-state index in [1.54, 1.807) is 60.9 Å². The molecule has 1 aliphatic rings. The summed E-state index contributed by atoms with van der Waals surface area (Å²) in [6.07, 6.45) is 3.30. The van der Waals surface area contributed by atoms with Crippen LogP contribution in [0.1, 0.15) is 42.4 Å². The number of nitriles is 2. The number of phenols is 1. The number of phenolic OH excluding ortho intramolecular Hbond substituents is 1. The number of benzene rings is 3. The number of hydrogen-bond acceptors (Lipinski definition) is 8. The third-order valence-corrected chi connectivity index (χ3v) is 9.48. The van der Waals surface area contributed by atoms with Gasteiger partial charge in [0.05, 0.1) is 27.8 Å². The number of fused-ring (bicyclic) bond motifs is 2. The standard InChI is InChI=1S/C42H32B2N6O4/c1-26(2)39-37-38(40(29(24-45)31-16-10-12-22-47-31)49(39)43-52-34-19-7-6-18-33(34)51)41(28-15-5-4-14-27(28)3)50(44-53-35-20-8-9-21-36(35)54-44)42(37)30(25-46)32-17-11-13-23-48-32/h4-23,26,43,51H,1-3H3/b40-29-,42-30-. The zero-order valence-electron chi connectivity index (χ0n) is 29.8. The van der Waals surface area contributed by atoms with Crippen LogP contribution < -0.4 is 24.7 Å². The maximum Gasteiger partial charge on any atom is 0.743 e. The summed E-state index contributed by atoms with van der Waals surface area (Å²) >= 11 is 0. The second-order valence-corrected chi connectivity index (χ2v) is 13.1. The van der Waals surface area contributed by atoms with Gasteiger partial charge in [-0.2, -0.15) is 10.5 Å². The van der Waals surface area contributed by atoms with Gasteiger partial charge in [-0.1, -0.05) is 74.5 Å². The minimum absolute atomic E-state index is 0.0185. The van der Waals surface area contributed by atoms with Crippen molar-refractivity contribution in [2.45, 2.75) is 26.7 Å². The van der Waals surface area contributed by atoms with Crippen molar-refractivity contribution >= 4 is 36.8 Å². The molecular formula is C42H32B2N6O4. The normalized spacial score (nSPS) is 13.0. The van der Waals surface area contributed by atoms with Crippen LogP contribution in [0.15, 0.2) is 122 Å². The molecule has 1 aliphatic heterocycles. The molecule has 0 atom stereocenters. The predicted molar refractivity (Wildman–Crippen MR) is 208 cm³/mol. The van der Waals surface area contributed by atoms with Crippen molar-refractivity contribution in [1.29, 1.82) is 10.5 Å². The Bertz CT molecular complexity index is 2740. The number of aromatic hydroxyl groups is 1. The first-order chi connectivity index (χ1) is 26.4. The summed E-state index contributed by atoms with van der Waals surface area (Å²) < 4.78 is 23.4. The van der Waals surface area contributed by atoms with Crippen LogP contribution in [0, 0.1) is 29.6 Å². The number of rotatable bonds is 8. The molecule has 7 aromatic rings. The van der Waals surface area contributed by atoms with E-state index in [9.17, 15) is 15.6 Å². The fourth-order valence-corrected chi connectivity index (χ4v) is 7.20. The second-order valence-electron chi connectivity index (χ2n) is 13.1. The molecule has 0 amide bonds. The van der Waals surface area contributed by atoms with Gasteiger partial charge in [0.1, 0.15) is 40.5 Å². The van der Waals surface area contributed by atoms with Crippen molar-refractivity contribution in [2.75, 3.05) is 0 Å². The third-order valence-electron chi connectivity index (χ3n) is 9.48. The number of nitrogens with zero attached hydrogens (tertiary/aromatic N) is 6. The smallest absolute Gasteiger partial charge is 0.541 e. The van der Waals surface area contributed by atoms with E-state index in [1.165, 1.54) is 0 Å². The van der Waals surface area contributed by atoms with Gasteiger partial charge >= 0.3 is 14.9 Å². The summed E-state index contributed by atoms with van der Waals surface area (Å²) in [5.74, 6) is 1.20. The van der Waals surface area contributed by atoms with E-state index in [1.807, 2.05) is 76.5 Å². The van der Waals surface area contributed by atoms with E-state index in [4.69, 9.17) is 14.0 Å². The average molecular weight is 706 g/mol. The zero-order chi connectivity index (χ0) is 37.3. The molecule has 0 unspecified atom stereocenters. The molecule has 54 heavy (non-hydrogen) atoms. The van der Waals surface area contributed by atoms with Crippen LogP contribution in [0.5, 0.6) is 23.0 Å². The first-order valence-corrected chi connectivity index (χ1v) is 17.5. The van der Waals surface area contributed by atoms with Crippen molar-refractivity contribution in [2.24, 2.45) is 0 Å². The third kappa shape index (κ3) is 5.71. The minimum Gasteiger partial charge on any atom is -0.541 e. The van der Waals surface area contributed by atoms with Crippen LogP contribution in [-0.2, 0) is 0 Å². The Morgan fingerprint density at radius 2 is 1.33 bits per heavy atom. The first-order valence-electron chi connectivity index (χ1n) is 17.5. The SMILES string of the molecule is Cc1ccccc1-c1c2/c(=C(\C#N)c3ccccn3)n(BOc3ccccc3O)c(C(C)C)c2/c(=C(\C#N)c2ccccn2)n1B1Oc2ccccc2O1. The van der Waals surface area contributed by atoms with Crippen molar-refractivity contribution in [3.05, 3.63) is 155 Å². The summed E-state index contributed by atoms with van der Waals surface area (Å²) in [5, 5.41) is 35.4.